The normalized spacial score (nSPS) is 27.2. The molecular formula is C17H26N4O4. The van der Waals surface area contributed by atoms with Gasteiger partial charge in [0.2, 0.25) is 5.91 Å². The van der Waals surface area contributed by atoms with Crippen LogP contribution in [0.25, 0.3) is 0 Å². The van der Waals surface area contributed by atoms with Crippen LogP contribution >= 0.6 is 0 Å². The van der Waals surface area contributed by atoms with E-state index in [9.17, 15) is 19.5 Å². The molecule has 1 aromatic rings. The van der Waals surface area contributed by atoms with Gasteiger partial charge in [-0.05, 0) is 19.8 Å². The molecule has 2 N–H and O–H groups in total. The molecule has 0 aliphatic carbocycles. The third-order valence-corrected chi connectivity index (χ3v) is 5.60. The Morgan fingerprint density at radius 1 is 1.28 bits per heavy atom. The molecule has 0 spiro atoms. The van der Waals surface area contributed by atoms with Crippen LogP contribution in [0.2, 0.25) is 0 Å². The molecule has 0 aromatic carbocycles. The lowest BCUT2D eigenvalue weighted by Crippen LogP contribution is -2.60. The first kappa shape index (κ1) is 17.9. The highest BCUT2D eigenvalue weighted by Crippen LogP contribution is 2.35. The number of aromatic amines is 1. The van der Waals surface area contributed by atoms with Crippen molar-refractivity contribution in [2.45, 2.75) is 38.8 Å². The van der Waals surface area contributed by atoms with Crippen molar-refractivity contribution in [3.8, 4) is 0 Å². The zero-order chi connectivity index (χ0) is 18.2. The minimum atomic E-state index is -0.708. The molecule has 1 amide bonds. The number of H-pyrrole nitrogens is 1. The average Bonchev–Trinajstić information content (AvgIpc) is 2.53. The summed E-state index contributed by atoms with van der Waals surface area (Å²) >= 11 is 0. The number of nitrogens with zero attached hydrogens (tertiary/aromatic N) is 3. The first-order valence-electron chi connectivity index (χ1n) is 8.79. The average molecular weight is 350 g/mol. The lowest BCUT2D eigenvalue weighted by Gasteiger charge is -2.50. The highest BCUT2D eigenvalue weighted by Gasteiger charge is 2.45. The fourth-order valence-electron chi connectivity index (χ4n) is 3.95. The molecule has 0 unspecified atom stereocenters. The number of piperidine rings is 2. The summed E-state index contributed by atoms with van der Waals surface area (Å²) in [6, 6.07) is 1.42. The molecule has 2 fully saturated rings. The van der Waals surface area contributed by atoms with Crippen LogP contribution in [0.1, 0.15) is 25.5 Å². The van der Waals surface area contributed by atoms with Gasteiger partial charge in [0.25, 0.3) is 5.56 Å². The molecule has 2 aliphatic rings. The number of carbonyl (C=O) groups excluding carboxylic acids is 1. The van der Waals surface area contributed by atoms with Crippen molar-refractivity contribution in [3.05, 3.63) is 32.6 Å². The Morgan fingerprint density at radius 2 is 2.00 bits per heavy atom. The summed E-state index contributed by atoms with van der Waals surface area (Å²) in [5.74, 6) is 0.0452. The largest absolute Gasteiger partial charge is 0.389 e. The molecule has 2 atom stereocenters. The maximum atomic E-state index is 12.0. The predicted octanol–water partition coefficient (Wildman–Crippen LogP) is -0.850. The van der Waals surface area contributed by atoms with Gasteiger partial charge < -0.3 is 19.9 Å². The molecule has 3 rings (SSSR count). The van der Waals surface area contributed by atoms with Crippen molar-refractivity contribution in [1.29, 1.82) is 0 Å². The van der Waals surface area contributed by atoms with Gasteiger partial charge in [0.1, 0.15) is 0 Å². The molecule has 25 heavy (non-hydrogen) atoms. The van der Waals surface area contributed by atoms with E-state index >= 15 is 0 Å². The second kappa shape index (κ2) is 6.76. The van der Waals surface area contributed by atoms with Crippen LogP contribution in [-0.2, 0) is 11.3 Å². The van der Waals surface area contributed by atoms with E-state index in [-0.39, 0.29) is 23.1 Å². The van der Waals surface area contributed by atoms with Gasteiger partial charge in [-0.15, -0.1) is 0 Å². The minimum absolute atomic E-state index is 0.00641. The minimum Gasteiger partial charge on any atom is -0.389 e. The maximum absolute atomic E-state index is 12.0. The predicted molar refractivity (Wildman–Crippen MR) is 92.4 cm³/mol. The van der Waals surface area contributed by atoms with E-state index in [1.165, 1.54) is 10.6 Å². The summed E-state index contributed by atoms with van der Waals surface area (Å²) < 4.78 is 1.20. The second-order valence-electron chi connectivity index (χ2n) is 7.31. The zero-order valence-corrected chi connectivity index (χ0v) is 14.8. The van der Waals surface area contributed by atoms with E-state index in [1.807, 2.05) is 0 Å². The molecule has 0 radical (unpaired) electrons. The Kier molecular flexibility index (Phi) is 4.83. The number of carbonyl (C=O) groups is 1. The summed E-state index contributed by atoms with van der Waals surface area (Å²) in [4.78, 5) is 42.1. The number of hydrogen-bond donors (Lipinski definition) is 2. The van der Waals surface area contributed by atoms with Crippen LogP contribution in [0.4, 0.5) is 0 Å². The van der Waals surface area contributed by atoms with Crippen molar-refractivity contribution in [2.24, 2.45) is 5.92 Å². The van der Waals surface area contributed by atoms with E-state index in [1.54, 1.807) is 18.7 Å². The third kappa shape index (κ3) is 3.69. The van der Waals surface area contributed by atoms with Gasteiger partial charge in [0, 0.05) is 63.9 Å². The number of aliphatic hydroxyl groups is 1. The first-order chi connectivity index (χ1) is 11.8. The molecule has 0 saturated carbocycles. The Labute approximate surface area is 146 Å². The smallest absolute Gasteiger partial charge is 0.328 e. The molecular weight excluding hydrogens is 324 g/mol. The quantitative estimate of drug-likeness (QED) is 0.740. The van der Waals surface area contributed by atoms with Crippen LogP contribution in [0.15, 0.2) is 15.7 Å². The molecule has 0 bridgehead atoms. The van der Waals surface area contributed by atoms with Crippen molar-refractivity contribution in [2.75, 3.05) is 32.7 Å². The molecule has 8 nitrogen and oxygen atoms in total. The summed E-state index contributed by atoms with van der Waals surface area (Å²) in [6.07, 6.45) is 1.27. The van der Waals surface area contributed by atoms with Crippen molar-refractivity contribution >= 4 is 5.91 Å². The molecule has 2 aliphatic heterocycles. The lowest BCUT2D eigenvalue weighted by atomic mass is 9.75. The number of aromatic nitrogens is 2. The monoisotopic (exact) mass is 350 g/mol. The van der Waals surface area contributed by atoms with Crippen LogP contribution in [-0.4, -0.2) is 68.7 Å². The highest BCUT2D eigenvalue weighted by atomic mass is 16.3. The fourth-order valence-corrected chi connectivity index (χ4v) is 3.95. The SMILES string of the molecule is CC(=O)N1CC[C@@]2(O)CCN(CCn3c(=O)cc(C)[nH]c3=O)C[C@H]2C1. The van der Waals surface area contributed by atoms with Crippen LogP contribution in [0, 0.1) is 12.8 Å². The number of hydrogen-bond acceptors (Lipinski definition) is 5. The van der Waals surface area contributed by atoms with E-state index in [0.717, 1.165) is 6.54 Å². The number of rotatable bonds is 3. The van der Waals surface area contributed by atoms with Crippen molar-refractivity contribution < 1.29 is 9.90 Å². The molecule has 1 aromatic heterocycles. The van der Waals surface area contributed by atoms with Crippen LogP contribution in [0.5, 0.6) is 0 Å². The standard InChI is InChI=1S/C17H26N4O4/c1-12-9-15(23)21(16(24)18-12)8-7-19-5-3-17(25)4-6-20(13(2)22)11-14(17)10-19/h9,14,25H,3-8,10-11H2,1-2H3,(H,18,24)/t14-,17-/m0/s1. The van der Waals surface area contributed by atoms with Gasteiger partial charge in [-0.3, -0.25) is 14.2 Å². The number of nitrogens with one attached hydrogen (secondary N) is 1. The van der Waals surface area contributed by atoms with Gasteiger partial charge in [0.15, 0.2) is 0 Å². The summed E-state index contributed by atoms with van der Waals surface area (Å²) in [7, 11) is 0. The Bertz CT molecular complexity index is 739. The molecule has 138 valence electrons. The first-order valence-corrected chi connectivity index (χ1v) is 8.79. The molecule has 2 saturated heterocycles. The van der Waals surface area contributed by atoms with E-state index in [0.29, 0.717) is 51.3 Å². The van der Waals surface area contributed by atoms with Gasteiger partial charge in [-0.2, -0.15) is 0 Å². The van der Waals surface area contributed by atoms with Crippen molar-refractivity contribution in [3.63, 3.8) is 0 Å². The summed E-state index contributed by atoms with van der Waals surface area (Å²) in [5.41, 5.74) is -0.837. The van der Waals surface area contributed by atoms with Gasteiger partial charge >= 0.3 is 5.69 Å². The number of aryl methyl sites for hydroxylation is 1. The zero-order valence-electron chi connectivity index (χ0n) is 14.8. The number of amides is 1. The van der Waals surface area contributed by atoms with Gasteiger partial charge in [-0.1, -0.05) is 0 Å². The molecule has 8 heteroatoms. The Hall–Kier alpha value is -1.93. The number of likely N-dealkylation sites (tertiary alicyclic amines) is 2. The van der Waals surface area contributed by atoms with E-state index in [4.69, 9.17) is 0 Å². The maximum Gasteiger partial charge on any atom is 0.328 e. The van der Waals surface area contributed by atoms with Crippen molar-refractivity contribution in [1.82, 2.24) is 19.4 Å². The topological polar surface area (TPSA) is 98.6 Å². The second-order valence-corrected chi connectivity index (χ2v) is 7.31. The van der Waals surface area contributed by atoms with Crippen LogP contribution < -0.4 is 11.2 Å². The third-order valence-electron chi connectivity index (χ3n) is 5.60. The fraction of sp³-hybridized carbons (Fsp3) is 0.706. The van der Waals surface area contributed by atoms with Crippen LogP contribution in [0.3, 0.4) is 0 Å². The molecule has 3 heterocycles. The van der Waals surface area contributed by atoms with Gasteiger partial charge in [-0.25, -0.2) is 4.79 Å². The number of fused-ring (bicyclic) bond motifs is 1. The van der Waals surface area contributed by atoms with E-state index in [2.05, 4.69) is 9.88 Å². The Morgan fingerprint density at radius 3 is 2.68 bits per heavy atom. The lowest BCUT2D eigenvalue weighted by molar-refractivity contribution is -0.144. The van der Waals surface area contributed by atoms with E-state index < -0.39 is 5.60 Å². The van der Waals surface area contributed by atoms with Gasteiger partial charge in [0.05, 0.1) is 5.60 Å². The summed E-state index contributed by atoms with van der Waals surface area (Å²) in [6.45, 7) is 6.69. The summed E-state index contributed by atoms with van der Waals surface area (Å²) in [5, 5.41) is 10.8. The Balaban J connectivity index is 1.65. The highest BCUT2D eigenvalue weighted by molar-refractivity contribution is 5.73.